The molecule has 0 amide bonds. The van der Waals surface area contributed by atoms with Gasteiger partial charge >= 0.3 is 0 Å². The Labute approximate surface area is 184 Å². The molecule has 2 heterocycles. The van der Waals surface area contributed by atoms with Crippen molar-refractivity contribution >= 4 is 17.1 Å². The Morgan fingerprint density at radius 2 is 1.09 bits per heavy atom. The fraction of sp³-hybridized carbons (Fsp3) is 0. The maximum atomic E-state index is 13.7. The molecule has 0 atom stereocenters. The summed E-state index contributed by atoms with van der Waals surface area (Å²) in [5, 5.41) is 0. The summed E-state index contributed by atoms with van der Waals surface area (Å²) in [4.78, 5) is 19.2. The lowest BCUT2D eigenvalue weighted by atomic mass is 10.1. The third-order valence-corrected chi connectivity index (χ3v) is 5.01. The lowest BCUT2D eigenvalue weighted by Crippen LogP contribution is -2.10. The second-order valence-corrected chi connectivity index (χ2v) is 7.09. The minimum Gasteiger partial charge on any atom is -0.310 e. The SMILES string of the molecule is Fc1ccc(N(c2cccc(-c3cnccn3)c2)c2cccc(-c3cnccn3)c2)cc1. The number of aromatic nitrogens is 4. The van der Waals surface area contributed by atoms with Gasteiger partial charge in [-0.2, -0.15) is 0 Å². The number of rotatable bonds is 5. The molecular formula is C26H18FN5. The Balaban J connectivity index is 1.64. The third kappa shape index (κ3) is 4.06. The van der Waals surface area contributed by atoms with Gasteiger partial charge < -0.3 is 4.90 Å². The molecule has 0 saturated heterocycles. The zero-order valence-electron chi connectivity index (χ0n) is 17.0. The number of nitrogens with zero attached hydrogens (tertiary/aromatic N) is 5. The molecule has 5 aromatic rings. The van der Waals surface area contributed by atoms with E-state index in [-0.39, 0.29) is 5.82 Å². The van der Waals surface area contributed by atoms with Crippen molar-refractivity contribution in [2.75, 3.05) is 4.90 Å². The first-order valence-electron chi connectivity index (χ1n) is 10.1. The van der Waals surface area contributed by atoms with E-state index in [9.17, 15) is 4.39 Å². The number of halogens is 1. The lowest BCUT2D eigenvalue weighted by molar-refractivity contribution is 0.628. The molecule has 0 unspecified atom stereocenters. The van der Waals surface area contributed by atoms with Crippen molar-refractivity contribution < 1.29 is 4.39 Å². The van der Waals surface area contributed by atoms with E-state index in [2.05, 4.69) is 24.8 Å². The smallest absolute Gasteiger partial charge is 0.123 e. The Bertz CT molecular complexity index is 1240. The molecule has 0 aliphatic rings. The van der Waals surface area contributed by atoms with Gasteiger partial charge in [-0.3, -0.25) is 19.9 Å². The average molecular weight is 419 g/mol. The topological polar surface area (TPSA) is 54.8 Å². The first-order chi connectivity index (χ1) is 15.8. The fourth-order valence-electron chi connectivity index (χ4n) is 3.54. The summed E-state index contributed by atoms with van der Waals surface area (Å²) in [5.74, 6) is -0.282. The molecular weight excluding hydrogens is 401 g/mol. The summed E-state index contributed by atoms with van der Waals surface area (Å²) in [6.45, 7) is 0. The predicted molar refractivity (Wildman–Crippen MR) is 123 cm³/mol. The van der Waals surface area contributed by atoms with Crippen LogP contribution in [0.1, 0.15) is 0 Å². The summed E-state index contributed by atoms with van der Waals surface area (Å²) in [5.41, 5.74) is 6.09. The zero-order valence-corrected chi connectivity index (χ0v) is 17.0. The van der Waals surface area contributed by atoms with E-state index in [0.717, 1.165) is 39.6 Å². The normalized spacial score (nSPS) is 10.7. The van der Waals surface area contributed by atoms with Crippen LogP contribution in [-0.2, 0) is 0 Å². The molecule has 5 rings (SSSR count). The molecule has 154 valence electrons. The predicted octanol–water partition coefficient (Wildman–Crippen LogP) is 6.21. The largest absolute Gasteiger partial charge is 0.310 e. The van der Waals surface area contributed by atoms with E-state index < -0.39 is 0 Å². The van der Waals surface area contributed by atoms with Crippen LogP contribution in [0.2, 0.25) is 0 Å². The molecule has 0 aliphatic heterocycles. The zero-order chi connectivity index (χ0) is 21.8. The van der Waals surface area contributed by atoms with Gasteiger partial charge in [0, 0.05) is 53.0 Å². The van der Waals surface area contributed by atoms with Crippen LogP contribution < -0.4 is 4.90 Å². The minimum atomic E-state index is -0.282. The summed E-state index contributed by atoms with van der Waals surface area (Å²) in [7, 11) is 0. The Morgan fingerprint density at radius 3 is 1.56 bits per heavy atom. The summed E-state index contributed by atoms with van der Waals surface area (Å²) in [6.07, 6.45) is 10.1. The molecule has 2 aromatic heterocycles. The second kappa shape index (κ2) is 8.73. The Morgan fingerprint density at radius 1 is 0.562 bits per heavy atom. The van der Waals surface area contributed by atoms with Crippen LogP contribution in [0.15, 0.2) is 110 Å². The molecule has 0 aliphatic carbocycles. The minimum absolute atomic E-state index is 0.282. The van der Waals surface area contributed by atoms with E-state index >= 15 is 0 Å². The van der Waals surface area contributed by atoms with Crippen LogP contribution in [-0.4, -0.2) is 19.9 Å². The Hall–Kier alpha value is -4.45. The Kier molecular flexibility index (Phi) is 5.32. The molecule has 0 spiro atoms. The van der Waals surface area contributed by atoms with Gasteiger partial charge in [0.1, 0.15) is 5.82 Å². The van der Waals surface area contributed by atoms with Crippen molar-refractivity contribution in [3.05, 3.63) is 116 Å². The van der Waals surface area contributed by atoms with Crippen molar-refractivity contribution in [1.29, 1.82) is 0 Å². The number of hydrogen-bond donors (Lipinski definition) is 0. The maximum absolute atomic E-state index is 13.7. The molecule has 0 radical (unpaired) electrons. The van der Waals surface area contributed by atoms with Crippen LogP contribution in [0.3, 0.4) is 0 Å². The van der Waals surface area contributed by atoms with Gasteiger partial charge in [0.25, 0.3) is 0 Å². The summed E-state index contributed by atoms with van der Waals surface area (Å²) in [6, 6.07) is 22.5. The number of anilines is 3. The number of hydrogen-bond acceptors (Lipinski definition) is 5. The maximum Gasteiger partial charge on any atom is 0.123 e. The summed E-state index contributed by atoms with van der Waals surface area (Å²) >= 11 is 0. The first-order valence-corrected chi connectivity index (χ1v) is 10.1. The monoisotopic (exact) mass is 419 g/mol. The molecule has 0 N–H and O–H groups in total. The second-order valence-electron chi connectivity index (χ2n) is 7.09. The van der Waals surface area contributed by atoms with Gasteiger partial charge in [-0.25, -0.2) is 4.39 Å². The van der Waals surface area contributed by atoms with Crippen molar-refractivity contribution in [3.8, 4) is 22.5 Å². The fourth-order valence-corrected chi connectivity index (χ4v) is 3.54. The quantitative estimate of drug-likeness (QED) is 0.339. The van der Waals surface area contributed by atoms with Crippen molar-refractivity contribution in [3.63, 3.8) is 0 Å². The van der Waals surface area contributed by atoms with Crippen LogP contribution in [0.25, 0.3) is 22.5 Å². The van der Waals surface area contributed by atoms with Gasteiger partial charge in [0.15, 0.2) is 0 Å². The molecule has 0 bridgehead atoms. The average Bonchev–Trinajstić information content (AvgIpc) is 2.87. The molecule has 32 heavy (non-hydrogen) atoms. The standard InChI is InChI=1S/C26H18FN5/c27-21-7-9-22(10-8-21)32(23-5-1-3-19(15-23)25-17-28-11-13-30-25)24-6-2-4-20(16-24)26-18-29-12-14-31-26/h1-18H. The highest BCUT2D eigenvalue weighted by atomic mass is 19.1. The van der Waals surface area contributed by atoms with E-state index in [4.69, 9.17) is 0 Å². The van der Waals surface area contributed by atoms with Crippen molar-refractivity contribution in [1.82, 2.24) is 19.9 Å². The van der Waals surface area contributed by atoms with Crippen molar-refractivity contribution in [2.24, 2.45) is 0 Å². The van der Waals surface area contributed by atoms with Gasteiger partial charge in [0.2, 0.25) is 0 Å². The highest BCUT2D eigenvalue weighted by molar-refractivity contribution is 5.81. The number of benzene rings is 3. The van der Waals surface area contributed by atoms with Gasteiger partial charge in [-0.15, -0.1) is 0 Å². The van der Waals surface area contributed by atoms with E-state index in [1.165, 1.54) is 12.1 Å². The summed E-state index contributed by atoms with van der Waals surface area (Å²) < 4.78 is 13.7. The van der Waals surface area contributed by atoms with E-state index in [1.807, 2.05) is 48.5 Å². The van der Waals surface area contributed by atoms with Crippen LogP contribution in [0.5, 0.6) is 0 Å². The lowest BCUT2D eigenvalue weighted by Gasteiger charge is -2.26. The van der Waals surface area contributed by atoms with Gasteiger partial charge in [-0.05, 0) is 48.5 Å². The molecule has 0 saturated carbocycles. The highest BCUT2D eigenvalue weighted by Crippen LogP contribution is 2.37. The van der Waals surface area contributed by atoms with Gasteiger partial charge in [0.05, 0.1) is 23.8 Å². The molecule has 5 nitrogen and oxygen atoms in total. The van der Waals surface area contributed by atoms with Gasteiger partial charge in [-0.1, -0.05) is 24.3 Å². The van der Waals surface area contributed by atoms with Crippen molar-refractivity contribution in [2.45, 2.75) is 0 Å². The first kappa shape index (κ1) is 19.5. The molecule has 6 heteroatoms. The molecule has 0 fully saturated rings. The third-order valence-electron chi connectivity index (χ3n) is 5.01. The van der Waals surface area contributed by atoms with Crippen LogP contribution in [0, 0.1) is 5.82 Å². The molecule has 3 aromatic carbocycles. The van der Waals surface area contributed by atoms with Crippen LogP contribution >= 0.6 is 0 Å². The highest BCUT2D eigenvalue weighted by Gasteiger charge is 2.15. The van der Waals surface area contributed by atoms with E-state index in [1.54, 1.807) is 49.3 Å². The van der Waals surface area contributed by atoms with E-state index in [0.29, 0.717) is 0 Å². The van der Waals surface area contributed by atoms with Crippen LogP contribution in [0.4, 0.5) is 21.5 Å².